The SMILES string of the molecule is Cn1cc(S(=O)(=O)Nc2cc(Br)ccc2Cl)cn1. The third-order valence-corrected chi connectivity index (χ3v) is 4.31. The number of sulfonamides is 1. The number of aromatic nitrogens is 2. The number of rotatable bonds is 3. The van der Waals surface area contributed by atoms with E-state index in [4.69, 9.17) is 11.6 Å². The van der Waals surface area contributed by atoms with Crippen LogP contribution >= 0.6 is 27.5 Å². The fourth-order valence-electron chi connectivity index (χ4n) is 1.32. The summed E-state index contributed by atoms with van der Waals surface area (Å²) in [6.07, 6.45) is 2.68. The van der Waals surface area contributed by atoms with Crippen molar-refractivity contribution < 1.29 is 8.42 Å². The Balaban J connectivity index is 2.36. The lowest BCUT2D eigenvalue weighted by molar-refractivity contribution is 0.601. The van der Waals surface area contributed by atoms with E-state index in [9.17, 15) is 8.42 Å². The number of anilines is 1. The molecule has 0 bridgehead atoms. The van der Waals surface area contributed by atoms with Crippen molar-refractivity contribution in [3.8, 4) is 0 Å². The summed E-state index contributed by atoms with van der Waals surface area (Å²) < 4.78 is 28.6. The van der Waals surface area contributed by atoms with Crippen LogP contribution in [0.3, 0.4) is 0 Å². The van der Waals surface area contributed by atoms with Crippen molar-refractivity contribution in [2.45, 2.75) is 4.90 Å². The molecule has 0 amide bonds. The summed E-state index contributed by atoms with van der Waals surface area (Å²) in [6, 6.07) is 4.92. The molecule has 0 fully saturated rings. The zero-order chi connectivity index (χ0) is 13.3. The second kappa shape index (κ2) is 4.91. The molecule has 0 aliphatic carbocycles. The van der Waals surface area contributed by atoms with E-state index in [1.807, 2.05) is 0 Å². The van der Waals surface area contributed by atoms with Gasteiger partial charge in [-0.2, -0.15) is 5.10 Å². The Labute approximate surface area is 118 Å². The lowest BCUT2D eigenvalue weighted by atomic mass is 10.3. The highest BCUT2D eigenvalue weighted by atomic mass is 79.9. The molecule has 1 aromatic heterocycles. The maximum absolute atomic E-state index is 12.0. The molecule has 5 nitrogen and oxygen atoms in total. The Bertz CT molecular complexity index is 684. The van der Waals surface area contributed by atoms with Crippen molar-refractivity contribution in [3.05, 3.63) is 40.1 Å². The number of hydrogen-bond acceptors (Lipinski definition) is 3. The van der Waals surface area contributed by atoms with Crippen molar-refractivity contribution in [2.24, 2.45) is 7.05 Å². The molecule has 1 N–H and O–H groups in total. The Morgan fingerprint density at radius 1 is 1.44 bits per heavy atom. The molecule has 96 valence electrons. The summed E-state index contributed by atoms with van der Waals surface area (Å²) in [6.45, 7) is 0. The van der Waals surface area contributed by atoms with E-state index in [2.05, 4.69) is 25.8 Å². The minimum absolute atomic E-state index is 0.0843. The minimum atomic E-state index is -3.67. The maximum atomic E-state index is 12.0. The van der Waals surface area contributed by atoms with Gasteiger partial charge in [-0.25, -0.2) is 8.42 Å². The van der Waals surface area contributed by atoms with Crippen LogP contribution in [-0.4, -0.2) is 18.2 Å². The highest BCUT2D eigenvalue weighted by Gasteiger charge is 2.17. The monoisotopic (exact) mass is 349 g/mol. The van der Waals surface area contributed by atoms with Crippen LogP contribution in [0.25, 0.3) is 0 Å². The van der Waals surface area contributed by atoms with Gasteiger partial charge in [0.2, 0.25) is 0 Å². The van der Waals surface area contributed by atoms with E-state index in [1.54, 1.807) is 25.2 Å². The van der Waals surface area contributed by atoms with Gasteiger partial charge in [0.05, 0.1) is 16.9 Å². The molecule has 1 aromatic carbocycles. The first-order chi connectivity index (χ1) is 8.38. The highest BCUT2D eigenvalue weighted by molar-refractivity contribution is 9.10. The molecule has 0 spiro atoms. The van der Waals surface area contributed by atoms with Gasteiger partial charge < -0.3 is 0 Å². The lowest BCUT2D eigenvalue weighted by Crippen LogP contribution is -2.12. The van der Waals surface area contributed by atoms with Gasteiger partial charge in [0.15, 0.2) is 0 Å². The van der Waals surface area contributed by atoms with Crippen molar-refractivity contribution in [1.29, 1.82) is 0 Å². The van der Waals surface area contributed by atoms with Gasteiger partial charge >= 0.3 is 0 Å². The van der Waals surface area contributed by atoms with Crippen LogP contribution in [0.1, 0.15) is 0 Å². The Kier molecular flexibility index (Phi) is 3.65. The molecule has 18 heavy (non-hydrogen) atoms. The normalized spacial score (nSPS) is 11.5. The van der Waals surface area contributed by atoms with Crippen molar-refractivity contribution >= 4 is 43.2 Å². The number of hydrogen-bond donors (Lipinski definition) is 1. The molecule has 8 heteroatoms. The second-order valence-corrected chi connectivity index (χ2v) is 6.58. The van der Waals surface area contributed by atoms with Crippen LogP contribution < -0.4 is 4.72 Å². The smallest absolute Gasteiger partial charge is 0.265 e. The summed E-state index contributed by atoms with van der Waals surface area (Å²) in [7, 11) is -2.03. The van der Waals surface area contributed by atoms with Gasteiger partial charge in [-0.15, -0.1) is 0 Å². The Hall–Kier alpha value is -1.05. The molecule has 0 aliphatic rings. The van der Waals surface area contributed by atoms with Crippen molar-refractivity contribution in [2.75, 3.05) is 4.72 Å². The predicted molar refractivity (Wildman–Crippen MR) is 73.2 cm³/mol. The standard InChI is InChI=1S/C10H9BrClN3O2S/c1-15-6-8(5-13-15)18(16,17)14-10-4-7(11)2-3-9(10)12/h2-6,14H,1H3. The molecular formula is C10H9BrClN3O2S. The lowest BCUT2D eigenvalue weighted by Gasteiger charge is -2.08. The van der Waals surface area contributed by atoms with Crippen LogP contribution in [0, 0.1) is 0 Å². The topological polar surface area (TPSA) is 64.0 Å². The molecule has 1 heterocycles. The minimum Gasteiger partial charge on any atom is -0.278 e. The molecule has 2 rings (SSSR count). The molecule has 0 saturated heterocycles. The first-order valence-electron chi connectivity index (χ1n) is 4.85. The van der Waals surface area contributed by atoms with Crippen LogP contribution in [0.15, 0.2) is 40.0 Å². The zero-order valence-corrected chi connectivity index (χ0v) is 12.4. The third kappa shape index (κ3) is 2.85. The van der Waals surface area contributed by atoms with E-state index < -0.39 is 10.0 Å². The number of aryl methyl sites for hydroxylation is 1. The average molecular weight is 351 g/mol. The van der Waals surface area contributed by atoms with E-state index in [1.165, 1.54) is 17.1 Å². The molecule has 2 aromatic rings. The largest absolute Gasteiger partial charge is 0.278 e. The molecule has 0 radical (unpaired) electrons. The predicted octanol–water partition coefficient (Wildman–Crippen LogP) is 2.64. The summed E-state index contributed by atoms with van der Waals surface area (Å²) in [5.74, 6) is 0. The second-order valence-electron chi connectivity index (χ2n) is 3.58. The van der Waals surface area contributed by atoms with Crippen molar-refractivity contribution in [3.63, 3.8) is 0 Å². The molecule has 0 unspecified atom stereocenters. The van der Waals surface area contributed by atoms with Crippen LogP contribution in [0.5, 0.6) is 0 Å². The molecule has 0 atom stereocenters. The van der Waals surface area contributed by atoms with Crippen LogP contribution in [0.2, 0.25) is 5.02 Å². The van der Waals surface area contributed by atoms with Gasteiger partial charge in [-0.3, -0.25) is 9.40 Å². The summed E-state index contributed by atoms with van der Waals surface area (Å²) in [5.41, 5.74) is 0.315. The number of nitrogens with one attached hydrogen (secondary N) is 1. The average Bonchev–Trinajstić information content (AvgIpc) is 2.71. The van der Waals surface area contributed by atoms with Gasteiger partial charge in [0.25, 0.3) is 10.0 Å². The van der Waals surface area contributed by atoms with Crippen LogP contribution in [-0.2, 0) is 17.1 Å². The zero-order valence-electron chi connectivity index (χ0n) is 9.26. The fourth-order valence-corrected chi connectivity index (χ4v) is 2.95. The van der Waals surface area contributed by atoms with E-state index in [-0.39, 0.29) is 4.90 Å². The summed E-state index contributed by atoms with van der Waals surface area (Å²) in [4.78, 5) is 0.0843. The first-order valence-corrected chi connectivity index (χ1v) is 7.50. The van der Waals surface area contributed by atoms with Gasteiger partial charge in [0, 0.05) is 17.7 Å². The quantitative estimate of drug-likeness (QED) is 0.925. The maximum Gasteiger partial charge on any atom is 0.265 e. The van der Waals surface area contributed by atoms with Gasteiger partial charge in [-0.1, -0.05) is 27.5 Å². The van der Waals surface area contributed by atoms with Gasteiger partial charge in [-0.05, 0) is 18.2 Å². The molecule has 0 aliphatic heterocycles. The highest BCUT2D eigenvalue weighted by Crippen LogP contribution is 2.27. The fraction of sp³-hybridized carbons (Fsp3) is 0.100. The Morgan fingerprint density at radius 3 is 2.78 bits per heavy atom. The number of halogens is 2. The summed E-state index contributed by atoms with van der Waals surface area (Å²) >= 11 is 9.18. The molecular weight excluding hydrogens is 342 g/mol. The third-order valence-electron chi connectivity index (χ3n) is 2.16. The van der Waals surface area contributed by atoms with E-state index in [0.717, 1.165) is 4.47 Å². The molecule has 0 saturated carbocycles. The number of nitrogens with zero attached hydrogens (tertiary/aromatic N) is 2. The van der Waals surface area contributed by atoms with E-state index >= 15 is 0 Å². The van der Waals surface area contributed by atoms with Crippen molar-refractivity contribution in [1.82, 2.24) is 9.78 Å². The van der Waals surface area contributed by atoms with Crippen LogP contribution in [0.4, 0.5) is 5.69 Å². The summed E-state index contributed by atoms with van der Waals surface area (Å²) in [5, 5.41) is 4.14. The Morgan fingerprint density at radius 2 is 2.17 bits per heavy atom. The number of benzene rings is 1. The first kappa shape index (κ1) is 13.4. The van der Waals surface area contributed by atoms with Gasteiger partial charge in [0.1, 0.15) is 4.90 Å². The van der Waals surface area contributed by atoms with E-state index in [0.29, 0.717) is 10.7 Å².